The first kappa shape index (κ1) is 13.2. The maximum absolute atomic E-state index is 11.2. The number of hydrogen-bond acceptors (Lipinski definition) is 1. The first-order chi connectivity index (χ1) is 8.91. The zero-order chi connectivity index (χ0) is 13.8. The lowest BCUT2D eigenvalue weighted by atomic mass is 9.43. The Morgan fingerprint density at radius 2 is 1.79 bits per heavy atom. The van der Waals surface area contributed by atoms with Crippen LogP contribution in [-0.4, -0.2) is 11.1 Å². The first-order valence-electron chi connectivity index (χ1n) is 7.84. The Kier molecular flexibility index (Phi) is 3.03. The smallest absolute Gasteiger partial charge is 0.330 e. The largest absolute Gasteiger partial charge is 0.478 e. The van der Waals surface area contributed by atoms with Crippen molar-refractivity contribution < 1.29 is 9.90 Å². The molecule has 4 fully saturated rings. The molecule has 0 aliphatic heterocycles. The van der Waals surface area contributed by atoms with Gasteiger partial charge in [0.2, 0.25) is 0 Å². The number of carboxylic acid groups (broad SMARTS) is 1. The molecule has 2 nitrogen and oxygen atoms in total. The van der Waals surface area contributed by atoms with Crippen molar-refractivity contribution in [1.29, 1.82) is 0 Å². The Morgan fingerprint density at radius 3 is 2.26 bits per heavy atom. The number of allylic oxidation sites excluding steroid dienone is 1. The maximum Gasteiger partial charge on any atom is 0.330 e. The van der Waals surface area contributed by atoms with Crippen LogP contribution in [-0.2, 0) is 4.79 Å². The number of carboxylic acids is 1. The van der Waals surface area contributed by atoms with E-state index in [1.165, 1.54) is 32.1 Å². The van der Waals surface area contributed by atoms with Crippen molar-refractivity contribution in [2.45, 2.75) is 52.9 Å². The molecule has 0 radical (unpaired) electrons. The van der Waals surface area contributed by atoms with E-state index >= 15 is 0 Å². The summed E-state index contributed by atoms with van der Waals surface area (Å²) < 4.78 is 0. The Labute approximate surface area is 116 Å². The Bertz CT molecular complexity index is 407. The molecule has 0 aromatic rings. The van der Waals surface area contributed by atoms with E-state index in [0.717, 1.165) is 17.8 Å². The van der Waals surface area contributed by atoms with Crippen LogP contribution in [0.25, 0.3) is 0 Å². The second-order valence-electron chi connectivity index (χ2n) is 7.74. The van der Waals surface area contributed by atoms with E-state index in [0.29, 0.717) is 17.4 Å². The summed E-state index contributed by atoms with van der Waals surface area (Å²) in [6.07, 6.45) is 8.86. The van der Waals surface area contributed by atoms with Gasteiger partial charge >= 0.3 is 5.97 Å². The van der Waals surface area contributed by atoms with Gasteiger partial charge in [0.25, 0.3) is 0 Å². The molecular formula is C17H26O2. The summed E-state index contributed by atoms with van der Waals surface area (Å²) in [4.78, 5) is 11.2. The zero-order valence-corrected chi connectivity index (χ0v) is 12.4. The molecule has 4 aliphatic rings. The number of carbonyl (C=O) groups is 1. The van der Waals surface area contributed by atoms with Crippen molar-refractivity contribution in [3.8, 4) is 0 Å². The third kappa shape index (κ3) is 2.04. The van der Waals surface area contributed by atoms with Gasteiger partial charge in [0.1, 0.15) is 0 Å². The van der Waals surface area contributed by atoms with Crippen molar-refractivity contribution in [2.24, 2.45) is 35.0 Å². The minimum Gasteiger partial charge on any atom is -0.478 e. The molecular weight excluding hydrogens is 236 g/mol. The number of aliphatic carboxylic acids is 1. The third-order valence-electron chi connectivity index (χ3n) is 6.01. The molecule has 0 spiro atoms. The summed E-state index contributed by atoms with van der Waals surface area (Å²) in [6.45, 7) is 6.44. The predicted octanol–water partition coefficient (Wildman–Crippen LogP) is 4.12. The van der Waals surface area contributed by atoms with Gasteiger partial charge < -0.3 is 5.11 Å². The van der Waals surface area contributed by atoms with Gasteiger partial charge in [0.15, 0.2) is 0 Å². The van der Waals surface area contributed by atoms with E-state index in [1.807, 2.05) is 0 Å². The van der Waals surface area contributed by atoms with E-state index in [9.17, 15) is 9.90 Å². The molecule has 19 heavy (non-hydrogen) atoms. The van der Waals surface area contributed by atoms with Crippen molar-refractivity contribution in [3.05, 3.63) is 11.6 Å². The Morgan fingerprint density at radius 1 is 1.21 bits per heavy atom. The van der Waals surface area contributed by atoms with Crippen molar-refractivity contribution in [3.63, 3.8) is 0 Å². The lowest BCUT2D eigenvalue weighted by Gasteiger charge is -2.62. The summed E-state index contributed by atoms with van der Waals surface area (Å²) >= 11 is 0. The molecule has 106 valence electrons. The molecule has 3 unspecified atom stereocenters. The molecule has 2 heteroatoms. The minimum absolute atomic E-state index is 0.200. The van der Waals surface area contributed by atoms with E-state index in [4.69, 9.17) is 0 Å². The second kappa shape index (κ2) is 4.36. The van der Waals surface area contributed by atoms with Gasteiger partial charge in [-0.1, -0.05) is 19.9 Å². The van der Waals surface area contributed by atoms with E-state index in [1.54, 1.807) is 6.92 Å². The first-order valence-corrected chi connectivity index (χ1v) is 7.84. The summed E-state index contributed by atoms with van der Waals surface area (Å²) in [7, 11) is 0. The minimum atomic E-state index is -0.738. The quantitative estimate of drug-likeness (QED) is 0.777. The normalized spacial score (nSPS) is 44.9. The molecule has 4 aliphatic carbocycles. The van der Waals surface area contributed by atoms with E-state index in [2.05, 4.69) is 19.9 Å². The van der Waals surface area contributed by atoms with Gasteiger partial charge in [0.05, 0.1) is 0 Å². The Balaban J connectivity index is 2.00. The number of hydrogen-bond donors (Lipinski definition) is 1. The van der Waals surface area contributed by atoms with Crippen LogP contribution in [0.5, 0.6) is 0 Å². The standard InChI is InChI=1S/C17H26O2/c1-10(2)15-14-5-12-4-13(6-14)9-17(15,8-12)7-11(3)16(18)19/h7,10,12-15H,4-6,8-9H2,1-3H3,(H,18,19). The highest BCUT2D eigenvalue weighted by molar-refractivity contribution is 5.85. The highest BCUT2D eigenvalue weighted by atomic mass is 16.4. The van der Waals surface area contributed by atoms with Gasteiger partial charge in [-0.15, -0.1) is 0 Å². The SMILES string of the molecule is CC(=CC12CC3CC(CC(C3)C1C(C)C)C2)C(=O)O. The monoisotopic (exact) mass is 262 g/mol. The van der Waals surface area contributed by atoms with Gasteiger partial charge in [-0.05, 0) is 74.0 Å². The molecule has 0 aromatic heterocycles. The van der Waals surface area contributed by atoms with Crippen molar-refractivity contribution >= 4 is 5.97 Å². The summed E-state index contributed by atoms with van der Waals surface area (Å²) in [6, 6.07) is 0. The molecule has 1 N–H and O–H groups in total. The van der Waals surface area contributed by atoms with Crippen LogP contribution < -0.4 is 0 Å². The van der Waals surface area contributed by atoms with Crippen LogP contribution in [0.15, 0.2) is 11.6 Å². The van der Waals surface area contributed by atoms with Gasteiger partial charge in [0, 0.05) is 5.57 Å². The second-order valence-corrected chi connectivity index (χ2v) is 7.74. The van der Waals surface area contributed by atoms with Crippen LogP contribution in [0.4, 0.5) is 0 Å². The fraction of sp³-hybridized carbons (Fsp3) is 0.824. The average Bonchev–Trinajstić information content (AvgIpc) is 2.25. The van der Waals surface area contributed by atoms with E-state index in [-0.39, 0.29) is 5.41 Å². The maximum atomic E-state index is 11.2. The van der Waals surface area contributed by atoms with Gasteiger partial charge in [-0.2, -0.15) is 0 Å². The molecule has 0 heterocycles. The summed E-state index contributed by atoms with van der Waals surface area (Å²) in [5, 5.41) is 9.24. The Hall–Kier alpha value is -0.790. The topological polar surface area (TPSA) is 37.3 Å². The molecule has 0 aromatic carbocycles. The van der Waals surface area contributed by atoms with Crippen molar-refractivity contribution in [2.75, 3.05) is 0 Å². The molecule has 3 atom stereocenters. The molecule has 0 amide bonds. The van der Waals surface area contributed by atoms with E-state index < -0.39 is 5.97 Å². The van der Waals surface area contributed by atoms with Crippen LogP contribution in [0.2, 0.25) is 0 Å². The van der Waals surface area contributed by atoms with Crippen LogP contribution in [0.3, 0.4) is 0 Å². The van der Waals surface area contributed by atoms with Crippen LogP contribution in [0, 0.1) is 35.0 Å². The molecule has 4 rings (SSSR count). The third-order valence-corrected chi connectivity index (χ3v) is 6.01. The average molecular weight is 262 g/mol. The predicted molar refractivity (Wildman–Crippen MR) is 75.7 cm³/mol. The lowest BCUT2D eigenvalue weighted by molar-refractivity contribution is -0.133. The summed E-state index contributed by atoms with van der Waals surface area (Å²) in [5.41, 5.74) is 0.762. The fourth-order valence-electron chi connectivity index (χ4n) is 6.06. The number of rotatable bonds is 3. The highest BCUT2D eigenvalue weighted by Gasteiger charge is 2.56. The van der Waals surface area contributed by atoms with Gasteiger partial charge in [-0.25, -0.2) is 4.79 Å². The van der Waals surface area contributed by atoms with Crippen LogP contribution in [0.1, 0.15) is 52.9 Å². The highest BCUT2D eigenvalue weighted by Crippen LogP contribution is 2.65. The van der Waals surface area contributed by atoms with Crippen LogP contribution >= 0.6 is 0 Å². The molecule has 0 saturated heterocycles. The fourth-order valence-corrected chi connectivity index (χ4v) is 6.06. The van der Waals surface area contributed by atoms with Gasteiger partial charge in [-0.3, -0.25) is 0 Å². The summed E-state index contributed by atoms with van der Waals surface area (Å²) in [5.74, 6) is 3.22. The zero-order valence-electron chi connectivity index (χ0n) is 12.4. The lowest BCUT2D eigenvalue weighted by Crippen LogP contribution is -2.53. The molecule has 4 saturated carbocycles. The molecule has 4 bridgehead atoms. The van der Waals surface area contributed by atoms with Crippen molar-refractivity contribution in [1.82, 2.24) is 0 Å².